The van der Waals surface area contributed by atoms with Crippen LogP contribution >= 0.6 is 0 Å². The highest BCUT2D eigenvalue weighted by Crippen LogP contribution is 2.69. The number of aryl methyl sites for hydroxylation is 1. The van der Waals surface area contributed by atoms with Crippen LogP contribution in [-0.4, -0.2) is 114 Å². The van der Waals surface area contributed by atoms with Crippen molar-refractivity contribution in [2.75, 3.05) is 13.2 Å². The summed E-state index contributed by atoms with van der Waals surface area (Å²) >= 11 is 0. The van der Waals surface area contributed by atoms with Crippen LogP contribution in [0, 0.1) is 23.2 Å². The van der Waals surface area contributed by atoms with Crippen molar-refractivity contribution in [1.29, 1.82) is 0 Å². The maximum Gasteiger partial charge on any atom is 0.340 e. The average Bonchev–Trinajstić information content (AvgIpc) is 3.31. The molecule has 4 bridgehead atoms. The average molecular weight is 790 g/mol. The second-order valence-corrected chi connectivity index (χ2v) is 15.0. The van der Waals surface area contributed by atoms with Gasteiger partial charge >= 0.3 is 47.8 Å². The summed E-state index contributed by atoms with van der Waals surface area (Å²) in [6, 6.07) is 3.02. The van der Waals surface area contributed by atoms with Crippen molar-refractivity contribution < 1.29 is 81.0 Å². The van der Waals surface area contributed by atoms with Gasteiger partial charge in [0.25, 0.3) is 0 Å². The Balaban J connectivity index is 1.95. The molecule has 306 valence electrons. The minimum atomic E-state index is -2.31. The fourth-order valence-corrected chi connectivity index (χ4v) is 9.15. The number of ether oxygens (including phenoxy) is 9. The third-order valence-corrected chi connectivity index (χ3v) is 11.1. The summed E-state index contributed by atoms with van der Waals surface area (Å²) in [7, 11) is 0. The summed E-state index contributed by atoms with van der Waals surface area (Å²) in [6.07, 6.45) is -8.56. The van der Waals surface area contributed by atoms with E-state index in [2.05, 4.69) is 4.98 Å². The van der Waals surface area contributed by atoms with Crippen molar-refractivity contribution in [2.45, 2.75) is 123 Å². The molecule has 0 aromatic carbocycles. The first kappa shape index (κ1) is 42.0. The van der Waals surface area contributed by atoms with Gasteiger partial charge in [0.1, 0.15) is 48.1 Å². The molecule has 0 unspecified atom stereocenters. The van der Waals surface area contributed by atoms with Crippen LogP contribution in [0.1, 0.15) is 84.8 Å². The van der Waals surface area contributed by atoms with Crippen molar-refractivity contribution in [3.8, 4) is 0 Å². The molecule has 2 aliphatic heterocycles. The molecule has 2 saturated carbocycles. The summed E-state index contributed by atoms with van der Waals surface area (Å²) in [5.74, 6) is -10.7. The van der Waals surface area contributed by atoms with Gasteiger partial charge in [-0.05, 0) is 31.9 Å². The third-order valence-electron chi connectivity index (χ3n) is 11.1. The van der Waals surface area contributed by atoms with E-state index in [1.807, 2.05) is 0 Å². The van der Waals surface area contributed by atoms with Gasteiger partial charge in [0.15, 0.2) is 18.3 Å². The number of aromatic nitrogens is 1. The molecule has 12 atom stereocenters. The molecule has 1 saturated heterocycles. The van der Waals surface area contributed by atoms with Gasteiger partial charge in [-0.1, -0.05) is 13.8 Å². The Morgan fingerprint density at radius 1 is 0.786 bits per heavy atom. The quantitative estimate of drug-likeness (QED) is 0.283. The second kappa shape index (κ2) is 15.8. The highest BCUT2D eigenvalue weighted by atomic mass is 16.7. The monoisotopic (exact) mass is 789 g/mol. The fraction of sp³-hybridized carbons (Fsp3) is 0.658. The summed E-state index contributed by atoms with van der Waals surface area (Å²) in [6.45, 7) is 9.45. The van der Waals surface area contributed by atoms with E-state index in [-0.39, 0.29) is 18.4 Å². The van der Waals surface area contributed by atoms with Crippen LogP contribution in [-0.2, 0) is 82.6 Å². The van der Waals surface area contributed by atoms with Gasteiger partial charge in [0.05, 0.1) is 23.1 Å². The van der Waals surface area contributed by atoms with Crippen molar-refractivity contribution in [2.24, 2.45) is 23.2 Å². The third kappa shape index (κ3) is 7.30. The van der Waals surface area contributed by atoms with Crippen molar-refractivity contribution in [3.05, 3.63) is 29.6 Å². The van der Waals surface area contributed by atoms with E-state index in [9.17, 15) is 38.4 Å². The van der Waals surface area contributed by atoms with Gasteiger partial charge in [-0.2, -0.15) is 0 Å². The Morgan fingerprint density at radius 2 is 1.34 bits per heavy atom. The van der Waals surface area contributed by atoms with Gasteiger partial charge in [0, 0.05) is 53.7 Å². The van der Waals surface area contributed by atoms with Crippen molar-refractivity contribution >= 4 is 47.8 Å². The van der Waals surface area contributed by atoms with Crippen LogP contribution in [0.3, 0.4) is 0 Å². The summed E-state index contributed by atoms with van der Waals surface area (Å²) in [4.78, 5) is 111. The zero-order valence-corrected chi connectivity index (χ0v) is 32.6. The molecule has 1 aromatic rings. The zero-order valence-electron chi connectivity index (χ0n) is 32.6. The molecule has 3 fully saturated rings. The molecule has 3 heterocycles. The number of rotatable bonds is 7. The predicted molar refractivity (Wildman–Crippen MR) is 184 cm³/mol. The summed E-state index contributed by atoms with van der Waals surface area (Å²) in [5, 5.41) is 0. The van der Waals surface area contributed by atoms with Gasteiger partial charge in [-0.3, -0.25) is 38.5 Å². The van der Waals surface area contributed by atoms with E-state index in [0.29, 0.717) is 5.69 Å². The first-order valence-corrected chi connectivity index (χ1v) is 18.2. The molecule has 56 heavy (non-hydrogen) atoms. The fourth-order valence-electron chi connectivity index (χ4n) is 9.15. The number of carbonyl (C=O) groups excluding carboxylic acids is 8. The molecule has 1 spiro atoms. The minimum absolute atomic E-state index is 0.0812. The smallest absolute Gasteiger partial charge is 0.340 e. The van der Waals surface area contributed by atoms with E-state index >= 15 is 0 Å². The molecule has 18 heteroatoms. The van der Waals surface area contributed by atoms with E-state index < -0.39 is 132 Å². The van der Waals surface area contributed by atoms with Crippen LogP contribution in [0.25, 0.3) is 0 Å². The van der Waals surface area contributed by atoms with E-state index in [0.717, 1.165) is 41.5 Å². The lowest BCUT2D eigenvalue weighted by Crippen LogP contribution is -2.84. The number of nitrogens with zero attached hydrogens (tertiary/aromatic N) is 1. The summed E-state index contributed by atoms with van der Waals surface area (Å²) in [5.41, 5.74) is -5.99. The molecule has 0 amide bonds. The normalized spacial score (nSPS) is 36.2. The lowest BCUT2D eigenvalue weighted by atomic mass is 9.46. The van der Waals surface area contributed by atoms with Crippen LogP contribution in [0.2, 0.25) is 0 Å². The Kier molecular flexibility index (Phi) is 11.8. The number of esters is 8. The van der Waals surface area contributed by atoms with Crippen molar-refractivity contribution in [3.63, 3.8) is 0 Å². The Bertz CT molecular complexity index is 1800. The van der Waals surface area contributed by atoms with E-state index in [1.165, 1.54) is 32.2 Å². The topological polar surface area (TPSA) is 233 Å². The number of fused-ring (bicyclic) bond motifs is 5. The molecule has 1 aromatic heterocycles. The largest absolute Gasteiger partial charge is 0.465 e. The first-order valence-electron chi connectivity index (χ1n) is 18.2. The highest BCUT2D eigenvalue weighted by molar-refractivity contribution is 5.90. The molecule has 2 aliphatic carbocycles. The number of carbonyl (C=O) groups is 8. The lowest BCUT2D eigenvalue weighted by molar-refractivity contribution is -0.349. The Labute approximate surface area is 322 Å². The number of cyclic esters (lactones) is 1. The molecule has 4 aliphatic rings. The lowest BCUT2D eigenvalue weighted by Gasteiger charge is -2.65. The number of pyridine rings is 1. The Hall–Kier alpha value is -5.13. The zero-order chi connectivity index (χ0) is 41.5. The predicted octanol–water partition coefficient (Wildman–Crippen LogP) is 1.75. The number of hydrogen-bond acceptors (Lipinski definition) is 18. The summed E-state index contributed by atoms with van der Waals surface area (Å²) < 4.78 is 55.0. The van der Waals surface area contributed by atoms with Gasteiger partial charge < -0.3 is 42.6 Å². The van der Waals surface area contributed by atoms with Crippen LogP contribution in [0.5, 0.6) is 0 Å². The highest BCUT2D eigenvalue weighted by Gasteiger charge is 2.88. The maximum absolute atomic E-state index is 14.1. The molecular weight excluding hydrogens is 742 g/mol. The van der Waals surface area contributed by atoms with E-state index in [4.69, 9.17) is 42.6 Å². The molecular formula is C38H47NO17. The maximum atomic E-state index is 14.1. The molecule has 18 nitrogen and oxygen atoms in total. The SMILES string of the molecule is CC(=O)OC[C@]12[C@H](OC(C)=O)[C@H](OC(C)=O)[C@@H]3[C@@H](OC(C)=O)[C@@]14O[C@@]3(C)COC(=O)c1cccnc1CC[C@H](C)C(=O)O[C@@H]([C@H](OC(C)=O)[C@@H]2OC(C)=O)[C@H]4C. The van der Waals surface area contributed by atoms with Crippen molar-refractivity contribution in [1.82, 2.24) is 4.98 Å². The molecule has 0 radical (unpaired) electrons. The molecule has 5 rings (SSSR count). The minimum Gasteiger partial charge on any atom is -0.465 e. The molecule has 0 N–H and O–H groups in total. The number of hydrogen-bond donors (Lipinski definition) is 0. The van der Waals surface area contributed by atoms with Gasteiger partial charge in [-0.25, -0.2) is 4.79 Å². The van der Waals surface area contributed by atoms with Crippen LogP contribution in [0.15, 0.2) is 18.3 Å². The standard InChI is InChI=1S/C38H47NO17/c1-17-12-13-26-25(11-10-14-39-26)35(47)49-15-36(9)27-29(50-20(4)41)32(53-23(7)44)37(16-48-19(3)40)33(54-24(8)45)30(51-21(5)42)28(55-34(17)46)18(2)38(37,56-36)31(27)52-22(6)43/h10-11,14,17-18,27-33H,12-13,15-16H2,1-9H3/t17-,18+,27+,28+,29+,30-,31+,32+,33-,36-,37+,38+/m0/s1. The van der Waals surface area contributed by atoms with Gasteiger partial charge in [-0.15, -0.1) is 0 Å². The first-order chi connectivity index (χ1) is 26.2. The second-order valence-electron chi connectivity index (χ2n) is 15.0. The van der Waals surface area contributed by atoms with Crippen LogP contribution < -0.4 is 0 Å². The van der Waals surface area contributed by atoms with Crippen LogP contribution in [0.4, 0.5) is 0 Å². The Morgan fingerprint density at radius 3 is 1.91 bits per heavy atom. The van der Waals surface area contributed by atoms with E-state index in [1.54, 1.807) is 6.92 Å². The van der Waals surface area contributed by atoms with Gasteiger partial charge in [0.2, 0.25) is 0 Å².